The number of anilines is 1. The zero-order valence-electron chi connectivity index (χ0n) is 21.3. The van der Waals surface area contributed by atoms with Crippen LogP contribution in [0.25, 0.3) is 0 Å². The first kappa shape index (κ1) is 26.8. The Kier molecular flexibility index (Phi) is 9.32. The molecule has 198 valence electrons. The van der Waals surface area contributed by atoms with E-state index in [4.69, 9.17) is 5.73 Å². The van der Waals surface area contributed by atoms with Crippen molar-refractivity contribution in [1.82, 2.24) is 20.5 Å². The largest absolute Gasteiger partial charge is 0.402 e. The van der Waals surface area contributed by atoms with Gasteiger partial charge >= 0.3 is 0 Å². The number of nitrogens with two attached hydrogens (primary N) is 1. The van der Waals surface area contributed by atoms with Gasteiger partial charge in [-0.2, -0.15) is 0 Å². The van der Waals surface area contributed by atoms with Crippen LogP contribution in [0, 0.1) is 17.7 Å². The highest BCUT2D eigenvalue weighted by Crippen LogP contribution is 2.28. The molecule has 2 saturated heterocycles. The molecule has 4 rings (SSSR count). The highest BCUT2D eigenvalue weighted by Gasteiger charge is 2.35. The third-order valence-electron chi connectivity index (χ3n) is 7.01. The molecule has 1 aromatic carbocycles. The van der Waals surface area contributed by atoms with Crippen molar-refractivity contribution in [2.75, 3.05) is 51.8 Å². The summed E-state index contributed by atoms with van der Waals surface area (Å²) >= 11 is 0. The Morgan fingerprint density at radius 3 is 2.73 bits per heavy atom. The van der Waals surface area contributed by atoms with Gasteiger partial charge in [0, 0.05) is 37.6 Å². The molecule has 2 atom stereocenters. The van der Waals surface area contributed by atoms with Crippen LogP contribution < -0.4 is 21.7 Å². The van der Waals surface area contributed by atoms with Crippen molar-refractivity contribution in [3.63, 3.8) is 0 Å². The SMILES string of the molecule is C=Nc1c(F)cc(C(=NCNc2ccc(CN3CC4CNCC4C3)cn2)/C(F)=C\N)cc1CCCNC. The molecule has 2 aliphatic heterocycles. The summed E-state index contributed by atoms with van der Waals surface area (Å²) in [6, 6.07) is 6.84. The monoisotopic (exact) mass is 510 g/mol. The number of benzene rings is 1. The molecule has 8 nitrogen and oxygen atoms in total. The Morgan fingerprint density at radius 2 is 2.08 bits per heavy atom. The van der Waals surface area contributed by atoms with E-state index >= 15 is 0 Å². The number of nitrogens with one attached hydrogen (secondary N) is 3. The number of pyridine rings is 1. The van der Waals surface area contributed by atoms with E-state index in [2.05, 4.69) is 42.5 Å². The molecule has 2 aliphatic rings. The van der Waals surface area contributed by atoms with Crippen LogP contribution in [0.1, 0.15) is 23.1 Å². The fraction of sp³-hybridized carbons (Fsp3) is 0.444. The topological polar surface area (TPSA) is 103 Å². The van der Waals surface area contributed by atoms with Crippen LogP contribution in [0.4, 0.5) is 20.3 Å². The Bertz CT molecular complexity index is 1120. The zero-order valence-corrected chi connectivity index (χ0v) is 21.3. The van der Waals surface area contributed by atoms with Gasteiger partial charge in [0.1, 0.15) is 29.7 Å². The molecule has 37 heavy (non-hydrogen) atoms. The van der Waals surface area contributed by atoms with Crippen LogP contribution in [0.5, 0.6) is 0 Å². The summed E-state index contributed by atoms with van der Waals surface area (Å²) in [5.41, 5.74) is 7.67. The number of hydrogen-bond acceptors (Lipinski definition) is 8. The number of aromatic nitrogens is 1. The van der Waals surface area contributed by atoms with Crippen molar-refractivity contribution in [3.05, 3.63) is 65.0 Å². The van der Waals surface area contributed by atoms with E-state index in [9.17, 15) is 8.78 Å². The van der Waals surface area contributed by atoms with Crippen LogP contribution in [-0.2, 0) is 13.0 Å². The number of nitrogens with zero attached hydrogens (tertiary/aromatic N) is 4. The Hall–Kier alpha value is -3.21. The quantitative estimate of drug-likeness (QED) is 0.259. The predicted octanol–water partition coefficient (Wildman–Crippen LogP) is 2.98. The van der Waals surface area contributed by atoms with Gasteiger partial charge in [0.2, 0.25) is 0 Å². The van der Waals surface area contributed by atoms with Crippen molar-refractivity contribution in [2.24, 2.45) is 27.6 Å². The molecule has 3 heterocycles. The van der Waals surface area contributed by atoms with Gasteiger partial charge in [-0.15, -0.1) is 0 Å². The lowest BCUT2D eigenvalue weighted by molar-refractivity contribution is 0.305. The van der Waals surface area contributed by atoms with E-state index in [0.717, 1.165) is 69.3 Å². The number of allylic oxidation sites excluding steroid dienone is 1. The fourth-order valence-corrected chi connectivity index (χ4v) is 5.16. The highest BCUT2D eigenvalue weighted by atomic mass is 19.1. The first-order valence-corrected chi connectivity index (χ1v) is 12.7. The lowest BCUT2D eigenvalue weighted by Gasteiger charge is -2.17. The van der Waals surface area contributed by atoms with Crippen molar-refractivity contribution >= 4 is 23.9 Å². The van der Waals surface area contributed by atoms with Crippen LogP contribution in [-0.4, -0.2) is 68.8 Å². The smallest absolute Gasteiger partial charge is 0.164 e. The lowest BCUT2D eigenvalue weighted by atomic mass is 10.00. The molecule has 0 radical (unpaired) electrons. The molecule has 10 heteroatoms. The summed E-state index contributed by atoms with van der Waals surface area (Å²) < 4.78 is 29.5. The molecule has 1 aromatic heterocycles. The van der Waals surface area contributed by atoms with Gasteiger partial charge in [-0.3, -0.25) is 14.9 Å². The third-order valence-corrected chi connectivity index (χ3v) is 7.01. The van der Waals surface area contributed by atoms with E-state index in [-0.39, 0.29) is 18.1 Å². The van der Waals surface area contributed by atoms with E-state index in [1.165, 1.54) is 6.07 Å². The molecule has 2 unspecified atom stereocenters. The number of fused-ring (bicyclic) bond motifs is 1. The van der Waals surface area contributed by atoms with Crippen molar-refractivity contribution in [3.8, 4) is 0 Å². The summed E-state index contributed by atoms with van der Waals surface area (Å²) in [4.78, 5) is 15.1. The second-order valence-electron chi connectivity index (χ2n) is 9.61. The minimum absolute atomic E-state index is 0.0370. The van der Waals surface area contributed by atoms with Gasteiger partial charge in [-0.1, -0.05) is 6.07 Å². The van der Waals surface area contributed by atoms with E-state index in [1.807, 2.05) is 25.4 Å². The van der Waals surface area contributed by atoms with E-state index < -0.39 is 11.6 Å². The molecule has 5 N–H and O–H groups in total. The average molecular weight is 511 g/mol. The van der Waals surface area contributed by atoms with Gasteiger partial charge in [-0.05, 0) is 87.4 Å². The summed E-state index contributed by atoms with van der Waals surface area (Å²) in [7, 11) is 1.85. The molecule has 2 aromatic rings. The van der Waals surface area contributed by atoms with Crippen LogP contribution in [0.15, 0.2) is 52.5 Å². The van der Waals surface area contributed by atoms with Crippen LogP contribution in [0.3, 0.4) is 0 Å². The summed E-state index contributed by atoms with van der Waals surface area (Å²) in [6.45, 7) is 9.63. The first-order valence-electron chi connectivity index (χ1n) is 12.7. The highest BCUT2D eigenvalue weighted by molar-refractivity contribution is 6.11. The van der Waals surface area contributed by atoms with Crippen LogP contribution >= 0.6 is 0 Å². The minimum Gasteiger partial charge on any atom is -0.402 e. The Labute approximate surface area is 217 Å². The number of hydrogen-bond donors (Lipinski definition) is 4. The Balaban J connectivity index is 1.42. The van der Waals surface area contributed by atoms with Gasteiger partial charge in [-0.25, -0.2) is 13.8 Å². The summed E-state index contributed by atoms with van der Waals surface area (Å²) in [5, 5.41) is 9.61. The summed E-state index contributed by atoms with van der Waals surface area (Å²) in [5.74, 6) is 0.817. The Morgan fingerprint density at radius 1 is 1.30 bits per heavy atom. The summed E-state index contributed by atoms with van der Waals surface area (Å²) in [6.07, 6.45) is 4.01. The molecule has 2 fully saturated rings. The second-order valence-corrected chi connectivity index (χ2v) is 9.61. The third kappa shape index (κ3) is 6.76. The number of aliphatic imine (C=N–C) groups is 2. The second kappa shape index (κ2) is 12.8. The molecule has 0 saturated carbocycles. The van der Waals surface area contributed by atoms with Crippen molar-refractivity contribution in [1.29, 1.82) is 0 Å². The average Bonchev–Trinajstić information content (AvgIpc) is 3.49. The van der Waals surface area contributed by atoms with Gasteiger partial charge in [0.05, 0.1) is 0 Å². The number of rotatable bonds is 12. The molecule has 0 amide bonds. The van der Waals surface area contributed by atoms with Crippen molar-refractivity contribution in [2.45, 2.75) is 19.4 Å². The molecule has 0 aliphatic carbocycles. The van der Waals surface area contributed by atoms with Crippen molar-refractivity contribution < 1.29 is 8.78 Å². The minimum atomic E-state index is -0.740. The molecule has 0 spiro atoms. The maximum Gasteiger partial charge on any atom is 0.164 e. The van der Waals surface area contributed by atoms with E-state index in [1.54, 1.807) is 6.07 Å². The normalized spacial score (nSPS) is 20.3. The maximum atomic E-state index is 14.8. The van der Waals surface area contributed by atoms with E-state index in [0.29, 0.717) is 23.4 Å². The number of halogens is 2. The zero-order chi connectivity index (χ0) is 26.2. The van der Waals surface area contributed by atoms with Crippen LogP contribution in [0.2, 0.25) is 0 Å². The van der Waals surface area contributed by atoms with Gasteiger partial charge < -0.3 is 21.7 Å². The maximum absolute atomic E-state index is 14.8. The molecule has 0 bridgehead atoms. The number of aryl methyl sites for hydroxylation is 1. The molecular formula is C27H36F2N8. The predicted molar refractivity (Wildman–Crippen MR) is 146 cm³/mol. The fourth-order valence-electron chi connectivity index (χ4n) is 5.16. The standard InChI is InChI=1S/C27H36F2N8/c1-31-7-3-4-19-8-20(9-23(28)26(19)32-2)27(24(29)10-30)36-17-35-25-6-5-18(11-34-25)14-37-15-21-12-33-13-22(21)16-37/h5-6,8-11,21-22,31,33H,2-4,7,12-17,30H2,1H3,(H,34,35)/b24-10+,36-27?. The van der Waals surface area contributed by atoms with Gasteiger partial charge in [0.15, 0.2) is 5.83 Å². The first-order chi connectivity index (χ1) is 18.0. The lowest BCUT2D eigenvalue weighted by Crippen LogP contribution is -2.25. The molecular weight excluding hydrogens is 474 g/mol. The number of likely N-dealkylation sites (tertiary alicyclic amines) is 1. The van der Waals surface area contributed by atoms with Gasteiger partial charge in [0.25, 0.3) is 0 Å².